The molecule has 1 saturated heterocycles. The van der Waals surface area contributed by atoms with E-state index in [2.05, 4.69) is 4.99 Å². The molecular formula is C24H25N3O7S2. The lowest BCUT2D eigenvalue weighted by molar-refractivity contribution is -0.140. The average molecular weight is 532 g/mol. The van der Waals surface area contributed by atoms with Crippen LogP contribution < -0.4 is 14.3 Å². The largest absolute Gasteiger partial charge is 0.486 e. The highest BCUT2D eigenvalue weighted by Crippen LogP contribution is 2.35. The Labute approximate surface area is 211 Å². The van der Waals surface area contributed by atoms with Gasteiger partial charge in [0.25, 0.3) is 5.91 Å². The molecule has 36 heavy (non-hydrogen) atoms. The first-order valence-electron chi connectivity index (χ1n) is 11.6. The summed E-state index contributed by atoms with van der Waals surface area (Å²) in [6, 6.07) is 9.48. The minimum atomic E-state index is -3.57. The monoisotopic (exact) mass is 531 g/mol. The van der Waals surface area contributed by atoms with Crippen LogP contribution in [0.25, 0.3) is 10.2 Å². The van der Waals surface area contributed by atoms with E-state index in [0.29, 0.717) is 42.6 Å². The van der Waals surface area contributed by atoms with Gasteiger partial charge in [0.05, 0.1) is 28.6 Å². The van der Waals surface area contributed by atoms with Gasteiger partial charge in [-0.2, -0.15) is 9.30 Å². The minimum Gasteiger partial charge on any atom is -0.486 e. The second-order valence-corrected chi connectivity index (χ2v) is 11.3. The van der Waals surface area contributed by atoms with Crippen LogP contribution in [0.4, 0.5) is 0 Å². The molecule has 0 radical (unpaired) electrons. The standard InChI is InChI=1S/C24H25N3O7S2/c1-32-22(28)8-11-27-18-14-19-20(34-13-12-33-19)15-21(18)35-24(27)25-23(29)16-4-6-17(7-5-16)36(30,31)26-9-2-3-10-26/h4-7,14-15H,2-3,8-13H2,1H3. The molecule has 3 heterocycles. The van der Waals surface area contributed by atoms with Crippen LogP contribution in [-0.2, 0) is 26.1 Å². The molecule has 0 saturated carbocycles. The average Bonchev–Trinajstić information content (AvgIpc) is 3.55. The maximum Gasteiger partial charge on any atom is 0.307 e. The Morgan fingerprint density at radius 3 is 2.39 bits per heavy atom. The first-order chi connectivity index (χ1) is 17.4. The quantitative estimate of drug-likeness (QED) is 0.449. The number of ether oxygens (including phenoxy) is 3. The number of sulfonamides is 1. The number of benzene rings is 2. The van der Waals surface area contributed by atoms with Crippen molar-refractivity contribution in [1.29, 1.82) is 0 Å². The second kappa shape index (κ2) is 10.0. The van der Waals surface area contributed by atoms with Gasteiger partial charge in [-0.3, -0.25) is 9.59 Å². The number of rotatable bonds is 6. The highest BCUT2D eigenvalue weighted by atomic mass is 32.2. The van der Waals surface area contributed by atoms with E-state index in [1.54, 1.807) is 4.57 Å². The summed E-state index contributed by atoms with van der Waals surface area (Å²) >= 11 is 1.29. The molecule has 10 nitrogen and oxygen atoms in total. The summed E-state index contributed by atoms with van der Waals surface area (Å²) in [5.41, 5.74) is 1.02. The molecule has 2 aromatic carbocycles. The number of fused-ring (bicyclic) bond motifs is 2. The lowest BCUT2D eigenvalue weighted by Crippen LogP contribution is -2.27. The zero-order chi connectivity index (χ0) is 25.3. The normalized spacial score (nSPS) is 16.4. The summed E-state index contributed by atoms with van der Waals surface area (Å²) in [4.78, 5) is 29.7. The van der Waals surface area contributed by atoms with Crippen molar-refractivity contribution >= 4 is 43.5 Å². The van der Waals surface area contributed by atoms with Crippen LogP contribution in [0.3, 0.4) is 0 Å². The minimum absolute atomic E-state index is 0.0984. The fraction of sp³-hybridized carbons (Fsp3) is 0.375. The lowest BCUT2D eigenvalue weighted by atomic mass is 10.2. The molecule has 2 aliphatic rings. The van der Waals surface area contributed by atoms with Crippen molar-refractivity contribution in [3.8, 4) is 11.5 Å². The van der Waals surface area contributed by atoms with E-state index in [-0.39, 0.29) is 29.4 Å². The molecule has 0 unspecified atom stereocenters. The molecule has 0 spiro atoms. The number of nitrogens with zero attached hydrogens (tertiary/aromatic N) is 3. The number of hydrogen-bond donors (Lipinski definition) is 0. The fourth-order valence-corrected chi connectivity index (χ4v) is 6.79. The SMILES string of the molecule is COC(=O)CCn1c(=NC(=O)c2ccc(S(=O)(=O)N3CCCC3)cc2)sc2cc3c(cc21)OCCO3. The number of carbonyl (C=O) groups is 2. The van der Waals surface area contributed by atoms with Gasteiger partial charge in [0, 0.05) is 37.3 Å². The van der Waals surface area contributed by atoms with Crippen molar-refractivity contribution < 1.29 is 32.2 Å². The van der Waals surface area contributed by atoms with Crippen LogP contribution in [-0.4, -0.2) is 62.6 Å². The summed E-state index contributed by atoms with van der Waals surface area (Å²) < 4.78 is 45.7. The molecule has 1 aromatic heterocycles. The van der Waals surface area contributed by atoms with Crippen LogP contribution >= 0.6 is 11.3 Å². The molecule has 2 aliphatic heterocycles. The second-order valence-electron chi connectivity index (χ2n) is 8.38. The number of amides is 1. The maximum atomic E-state index is 13.0. The van der Waals surface area contributed by atoms with Crippen molar-refractivity contribution in [1.82, 2.24) is 8.87 Å². The molecule has 1 fully saturated rings. The van der Waals surface area contributed by atoms with Crippen molar-refractivity contribution in [3.63, 3.8) is 0 Å². The summed E-state index contributed by atoms with van der Waals surface area (Å²) in [7, 11) is -2.25. The van der Waals surface area contributed by atoms with Crippen LogP contribution in [0.5, 0.6) is 11.5 Å². The van der Waals surface area contributed by atoms with Gasteiger partial charge in [-0.1, -0.05) is 11.3 Å². The number of thiazole rings is 1. The zero-order valence-electron chi connectivity index (χ0n) is 19.6. The zero-order valence-corrected chi connectivity index (χ0v) is 21.3. The van der Waals surface area contributed by atoms with E-state index < -0.39 is 15.9 Å². The van der Waals surface area contributed by atoms with Crippen molar-refractivity contribution in [2.45, 2.75) is 30.7 Å². The molecule has 3 aromatic rings. The lowest BCUT2D eigenvalue weighted by Gasteiger charge is -2.18. The Bertz CT molecular complexity index is 1480. The van der Waals surface area contributed by atoms with E-state index in [1.165, 1.54) is 47.0 Å². The molecular weight excluding hydrogens is 506 g/mol. The van der Waals surface area contributed by atoms with Gasteiger partial charge in [-0.05, 0) is 37.1 Å². The van der Waals surface area contributed by atoms with Crippen molar-refractivity contribution in [3.05, 3.63) is 46.8 Å². The number of esters is 1. The van der Waals surface area contributed by atoms with Gasteiger partial charge >= 0.3 is 5.97 Å². The summed E-state index contributed by atoms with van der Waals surface area (Å²) in [5, 5.41) is 0. The van der Waals surface area contributed by atoms with Gasteiger partial charge in [0.1, 0.15) is 13.2 Å². The van der Waals surface area contributed by atoms with Crippen LogP contribution in [0.2, 0.25) is 0 Å². The first kappa shape index (κ1) is 24.5. The van der Waals surface area contributed by atoms with Gasteiger partial charge in [0.15, 0.2) is 16.3 Å². The van der Waals surface area contributed by atoms with Crippen LogP contribution in [0.15, 0.2) is 46.3 Å². The van der Waals surface area contributed by atoms with Gasteiger partial charge in [0.2, 0.25) is 10.0 Å². The number of aryl methyl sites for hydroxylation is 1. The molecule has 190 valence electrons. The number of carbonyl (C=O) groups excluding carboxylic acids is 2. The van der Waals surface area contributed by atoms with Crippen LogP contribution in [0, 0.1) is 0 Å². The maximum absolute atomic E-state index is 13.0. The third-order valence-electron chi connectivity index (χ3n) is 6.12. The first-order valence-corrected chi connectivity index (χ1v) is 13.8. The van der Waals surface area contributed by atoms with E-state index in [9.17, 15) is 18.0 Å². The number of methoxy groups -OCH3 is 1. The Hall–Kier alpha value is -3.22. The molecule has 0 N–H and O–H groups in total. The van der Waals surface area contributed by atoms with E-state index >= 15 is 0 Å². The third kappa shape index (κ3) is 4.75. The molecule has 1 amide bonds. The third-order valence-corrected chi connectivity index (χ3v) is 9.07. The predicted octanol–water partition coefficient (Wildman–Crippen LogP) is 2.56. The molecule has 0 bridgehead atoms. The molecule has 12 heteroatoms. The Morgan fingerprint density at radius 2 is 1.72 bits per heavy atom. The van der Waals surface area contributed by atoms with E-state index in [0.717, 1.165) is 23.1 Å². The van der Waals surface area contributed by atoms with E-state index in [1.807, 2.05) is 12.1 Å². The number of aromatic nitrogens is 1. The van der Waals surface area contributed by atoms with Crippen molar-refractivity contribution in [2.24, 2.45) is 4.99 Å². The van der Waals surface area contributed by atoms with Crippen molar-refractivity contribution in [2.75, 3.05) is 33.4 Å². The Kier molecular flexibility index (Phi) is 6.82. The Balaban J connectivity index is 1.49. The topological polar surface area (TPSA) is 117 Å². The highest BCUT2D eigenvalue weighted by Gasteiger charge is 2.27. The van der Waals surface area contributed by atoms with Gasteiger partial charge in [-0.15, -0.1) is 0 Å². The van der Waals surface area contributed by atoms with Gasteiger partial charge in [-0.25, -0.2) is 8.42 Å². The predicted molar refractivity (Wildman–Crippen MR) is 132 cm³/mol. The summed E-state index contributed by atoms with van der Waals surface area (Å²) in [5.74, 6) is 0.302. The smallest absolute Gasteiger partial charge is 0.307 e. The number of hydrogen-bond acceptors (Lipinski definition) is 8. The molecule has 0 aliphatic carbocycles. The fourth-order valence-electron chi connectivity index (χ4n) is 4.21. The summed E-state index contributed by atoms with van der Waals surface area (Å²) in [6.45, 7) is 2.16. The Morgan fingerprint density at radius 1 is 1.06 bits per heavy atom. The van der Waals surface area contributed by atoms with Gasteiger partial charge < -0.3 is 18.8 Å². The molecule has 5 rings (SSSR count). The van der Waals surface area contributed by atoms with E-state index in [4.69, 9.17) is 14.2 Å². The molecule has 0 atom stereocenters. The van der Waals surface area contributed by atoms with Crippen LogP contribution in [0.1, 0.15) is 29.6 Å². The summed E-state index contributed by atoms with van der Waals surface area (Å²) in [6.07, 6.45) is 1.79. The highest BCUT2D eigenvalue weighted by molar-refractivity contribution is 7.89.